The van der Waals surface area contributed by atoms with Gasteiger partial charge in [0.05, 0.1) is 13.7 Å². The van der Waals surface area contributed by atoms with Gasteiger partial charge >= 0.3 is 0 Å². The Morgan fingerprint density at radius 1 is 0.829 bits per heavy atom. The number of halogens is 1. The normalized spacial score (nSPS) is 20.2. The number of hydrogen-bond acceptors (Lipinski definition) is 6. The summed E-state index contributed by atoms with van der Waals surface area (Å²) in [7, 11) is 3.30. The Hall–Kier alpha value is -3.09. The number of ether oxygens (including phenoxy) is 3. The second-order valence-corrected chi connectivity index (χ2v) is 13.4. The van der Waals surface area contributed by atoms with Crippen molar-refractivity contribution in [2.75, 3.05) is 27.4 Å². The van der Waals surface area contributed by atoms with Crippen LogP contribution >= 0.6 is 11.6 Å². The van der Waals surface area contributed by atoms with E-state index in [1.165, 1.54) is 0 Å². The van der Waals surface area contributed by atoms with Crippen LogP contribution in [0.2, 0.25) is 5.02 Å². The van der Waals surface area contributed by atoms with Crippen molar-refractivity contribution >= 4 is 23.2 Å². The molecule has 0 spiro atoms. The minimum Gasteiger partial charge on any atom is -0.493 e. The molecule has 0 aromatic heterocycles. The van der Waals surface area contributed by atoms with E-state index in [1.54, 1.807) is 14.2 Å². The zero-order chi connectivity index (χ0) is 29.5. The quantitative estimate of drug-likeness (QED) is 0.329. The van der Waals surface area contributed by atoms with Crippen LogP contribution in [-0.4, -0.2) is 43.8 Å². The van der Waals surface area contributed by atoms with E-state index in [-0.39, 0.29) is 22.4 Å². The molecule has 41 heavy (non-hydrogen) atoms. The van der Waals surface area contributed by atoms with Crippen molar-refractivity contribution in [1.29, 1.82) is 0 Å². The third-order valence-electron chi connectivity index (χ3n) is 8.37. The van der Waals surface area contributed by atoms with Gasteiger partial charge in [0.25, 0.3) is 0 Å². The number of benzene rings is 2. The SMILES string of the molecule is COCCN1C2=C(C(=O)CC(C)(C)C2)C(c2ccc(OCc3ccc(Cl)cc3)c(OC)c2)C2=C1CC(C)(C)CC2=O. The van der Waals surface area contributed by atoms with Crippen LogP contribution in [0.3, 0.4) is 0 Å². The molecule has 0 saturated heterocycles. The third-order valence-corrected chi connectivity index (χ3v) is 8.62. The maximum Gasteiger partial charge on any atom is 0.162 e. The smallest absolute Gasteiger partial charge is 0.162 e. The second kappa shape index (κ2) is 11.3. The standard InChI is InChI=1S/C34H40ClNO5/c1-33(2)16-24-31(26(37)18-33)30(32-25(36(24)13-14-39-5)17-34(3,4)19-27(32)38)22-9-12-28(29(15-22)40-6)41-20-21-7-10-23(35)11-8-21/h7-12,15,30H,13-14,16-20H2,1-6H3. The van der Waals surface area contributed by atoms with E-state index in [1.807, 2.05) is 42.5 Å². The van der Waals surface area contributed by atoms with Crippen molar-refractivity contribution in [3.63, 3.8) is 0 Å². The molecule has 2 aromatic rings. The maximum atomic E-state index is 13.9. The number of carbonyl (C=O) groups excluding carboxylic acids is 2. The fraction of sp³-hybridized carbons (Fsp3) is 0.471. The van der Waals surface area contributed by atoms with Gasteiger partial charge in [0, 0.05) is 60.0 Å². The summed E-state index contributed by atoms with van der Waals surface area (Å²) in [5, 5.41) is 0.674. The fourth-order valence-electron chi connectivity index (χ4n) is 6.56. The molecule has 1 heterocycles. The van der Waals surface area contributed by atoms with Crippen molar-refractivity contribution in [2.45, 2.75) is 65.9 Å². The van der Waals surface area contributed by atoms with Crippen molar-refractivity contribution in [2.24, 2.45) is 10.8 Å². The van der Waals surface area contributed by atoms with Crippen molar-refractivity contribution in [3.05, 3.63) is 81.2 Å². The van der Waals surface area contributed by atoms with Crippen LogP contribution in [0.5, 0.6) is 11.5 Å². The number of carbonyl (C=O) groups is 2. The van der Waals surface area contributed by atoms with Crippen LogP contribution in [0.25, 0.3) is 0 Å². The molecule has 1 aliphatic heterocycles. The van der Waals surface area contributed by atoms with E-state index in [2.05, 4.69) is 32.6 Å². The molecule has 218 valence electrons. The summed E-state index contributed by atoms with van der Waals surface area (Å²) >= 11 is 6.03. The highest BCUT2D eigenvalue weighted by Gasteiger charge is 2.49. The lowest BCUT2D eigenvalue weighted by Crippen LogP contribution is -2.45. The lowest BCUT2D eigenvalue weighted by Gasteiger charge is -2.49. The summed E-state index contributed by atoms with van der Waals surface area (Å²) in [5.74, 6) is 0.934. The number of rotatable bonds is 8. The monoisotopic (exact) mass is 577 g/mol. The van der Waals surface area contributed by atoms with Gasteiger partial charge in [-0.25, -0.2) is 0 Å². The number of allylic oxidation sites excluding steroid dienone is 4. The molecule has 0 fully saturated rings. The summed E-state index contributed by atoms with van der Waals surface area (Å²) in [6.07, 6.45) is 2.42. The van der Waals surface area contributed by atoms with E-state index in [9.17, 15) is 9.59 Å². The topological polar surface area (TPSA) is 65.1 Å². The van der Waals surface area contributed by atoms with Gasteiger partial charge < -0.3 is 19.1 Å². The highest BCUT2D eigenvalue weighted by molar-refractivity contribution is 6.30. The Kier molecular flexibility index (Phi) is 8.10. The lowest BCUT2D eigenvalue weighted by atomic mass is 9.63. The van der Waals surface area contributed by atoms with E-state index in [0.29, 0.717) is 49.1 Å². The van der Waals surface area contributed by atoms with Crippen LogP contribution in [0.1, 0.15) is 70.4 Å². The zero-order valence-electron chi connectivity index (χ0n) is 24.9. The molecule has 0 saturated carbocycles. The number of ketones is 2. The van der Waals surface area contributed by atoms with Gasteiger partial charge in [0.2, 0.25) is 0 Å². The maximum absolute atomic E-state index is 13.9. The van der Waals surface area contributed by atoms with E-state index >= 15 is 0 Å². The number of nitrogens with zero attached hydrogens (tertiary/aromatic N) is 1. The highest BCUT2D eigenvalue weighted by atomic mass is 35.5. The second-order valence-electron chi connectivity index (χ2n) is 13.0. The Morgan fingerprint density at radius 2 is 1.41 bits per heavy atom. The van der Waals surface area contributed by atoms with E-state index < -0.39 is 5.92 Å². The average Bonchev–Trinajstić information content (AvgIpc) is 2.90. The van der Waals surface area contributed by atoms with Crippen LogP contribution < -0.4 is 9.47 Å². The molecule has 7 heteroatoms. The highest BCUT2D eigenvalue weighted by Crippen LogP contribution is 2.54. The summed E-state index contributed by atoms with van der Waals surface area (Å²) in [5.41, 5.74) is 5.05. The summed E-state index contributed by atoms with van der Waals surface area (Å²) in [6, 6.07) is 13.3. The number of methoxy groups -OCH3 is 2. The first-order chi connectivity index (χ1) is 19.4. The number of Topliss-reactive ketones (excluding diaryl/α,β-unsaturated/α-hetero) is 2. The van der Waals surface area contributed by atoms with Gasteiger partial charge in [-0.15, -0.1) is 0 Å². The summed E-state index contributed by atoms with van der Waals surface area (Å²) in [6.45, 7) is 10.1. The molecular formula is C34H40ClNO5. The minimum absolute atomic E-state index is 0.106. The fourth-order valence-corrected chi connectivity index (χ4v) is 6.68. The van der Waals surface area contributed by atoms with Gasteiger partial charge in [-0.2, -0.15) is 0 Å². The first kappa shape index (κ1) is 29.4. The van der Waals surface area contributed by atoms with Gasteiger partial charge in [0.15, 0.2) is 23.1 Å². The van der Waals surface area contributed by atoms with Crippen LogP contribution in [0.15, 0.2) is 65.0 Å². The molecular weight excluding hydrogens is 538 g/mol. The molecule has 0 amide bonds. The summed E-state index contributed by atoms with van der Waals surface area (Å²) in [4.78, 5) is 30.1. The Balaban J connectivity index is 1.61. The molecule has 0 N–H and O–H groups in total. The minimum atomic E-state index is -0.440. The zero-order valence-corrected chi connectivity index (χ0v) is 25.7. The molecule has 3 aliphatic rings. The Morgan fingerprint density at radius 3 is 1.95 bits per heavy atom. The molecule has 0 bridgehead atoms. The molecule has 2 aliphatic carbocycles. The average molecular weight is 578 g/mol. The first-order valence-corrected chi connectivity index (χ1v) is 14.6. The van der Waals surface area contributed by atoms with Crippen LogP contribution in [-0.2, 0) is 20.9 Å². The molecule has 5 rings (SSSR count). The largest absolute Gasteiger partial charge is 0.493 e. The van der Waals surface area contributed by atoms with E-state index in [0.717, 1.165) is 46.5 Å². The van der Waals surface area contributed by atoms with Crippen molar-refractivity contribution < 1.29 is 23.8 Å². The molecule has 0 atom stereocenters. The number of hydrogen-bond donors (Lipinski definition) is 0. The van der Waals surface area contributed by atoms with Gasteiger partial charge in [-0.3, -0.25) is 9.59 Å². The van der Waals surface area contributed by atoms with Crippen LogP contribution in [0, 0.1) is 10.8 Å². The Labute approximate surface area is 248 Å². The Bertz CT molecular complexity index is 1370. The van der Waals surface area contributed by atoms with E-state index in [4.69, 9.17) is 25.8 Å². The predicted molar refractivity (Wildman–Crippen MR) is 160 cm³/mol. The van der Waals surface area contributed by atoms with Crippen LogP contribution in [0.4, 0.5) is 0 Å². The van der Waals surface area contributed by atoms with Gasteiger partial charge in [0.1, 0.15) is 6.61 Å². The van der Waals surface area contributed by atoms with Gasteiger partial charge in [-0.05, 0) is 59.1 Å². The molecule has 2 aromatic carbocycles. The van der Waals surface area contributed by atoms with Gasteiger partial charge in [-0.1, -0.05) is 57.5 Å². The lowest BCUT2D eigenvalue weighted by molar-refractivity contribution is -0.119. The summed E-state index contributed by atoms with van der Waals surface area (Å²) < 4.78 is 17.4. The van der Waals surface area contributed by atoms with Crippen molar-refractivity contribution in [1.82, 2.24) is 4.90 Å². The first-order valence-electron chi connectivity index (χ1n) is 14.3. The third kappa shape index (κ3) is 5.96. The van der Waals surface area contributed by atoms with Crippen molar-refractivity contribution in [3.8, 4) is 11.5 Å². The molecule has 0 unspecified atom stereocenters. The predicted octanol–water partition coefficient (Wildman–Crippen LogP) is 7.26. The molecule has 0 radical (unpaired) electrons. The molecule has 6 nitrogen and oxygen atoms in total.